The van der Waals surface area contributed by atoms with Gasteiger partial charge in [-0.25, -0.2) is 0 Å². The van der Waals surface area contributed by atoms with Crippen LogP contribution in [0.5, 0.6) is 0 Å². The number of benzene rings is 3. The van der Waals surface area contributed by atoms with Gasteiger partial charge in [0.15, 0.2) is 0 Å². The summed E-state index contributed by atoms with van der Waals surface area (Å²) < 4.78 is 80.9. The van der Waals surface area contributed by atoms with Crippen molar-refractivity contribution in [1.29, 1.82) is 0 Å². The number of halogens is 6. The van der Waals surface area contributed by atoms with Gasteiger partial charge in [0, 0.05) is 24.8 Å². The molecule has 44 heavy (non-hydrogen) atoms. The number of rotatable bonds is 6. The van der Waals surface area contributed by atoms with E-state index < -0.39 is 40.8 Å². The number of carbonyl (C=O) groups excluding carboxylic acids is 2. The van der Waals surface area contributed by atoms with Crippen LogP contribution >= 0.6 is 0 Å². The molecule has 1 aliphatic heterocycles. The molecule has 11 heteroatoms. The molecule has 0 unspecified atom stereocenters. The van der Waals surface area contributed by atoms with Gasteiger partial charge in [0.2, 0.25) is 11.8 Å². The van der Waals surface area contributed by atoms with Crippen LogP contribution < -0.4 is 10.2 Å². The van der Waals surface area contributed by atoms with Gasteiger partial charge in [0.05, 0.1) is 29.1 Å². The number of piperazine rings is 1. The summed E-state index contributed by atoms with van der Waals surface area (Å²) in [5.74, 6) is -1.95. The molecule has 5 nitrogen and oxygen atoms in total. The maximum atomic E-state index is 13.6. The third-order valence-corrected chi connectivity index (χ3v) is 8.82. The van der Waals surface area contributed by atoms with Crippen LogP contribution in [0.1, 0.15) is 60.8 Å². The van der Waals surface area contributed by atoms with Crippen molar-refractivity contribution in [3.8, 4) is 0 Å². The Hall–Kier alpha value is -4.02. The highest BCUT2D eigenvalue weighted by molar-refractivity contribution is 5.84. The molecule has 1 saturated carbocycles. The summed E-state index contributed by atoms with van der Waals surface area (Å²) in [5.41, 5.74) is -2.42. The van der Waals surface area contributed by atoms with Crippen LogP contribution in [-0.4, -0.2) is 42.4 Å². The normalized spacial score (nSPS) is 22.1. The van der Waals surface area contributed by atoms with Gasteiger partial charge in [0.25, 0.3) is 0 Å². The minimum absolute atomic E-state index is 0.0139. The molecule has 1 saturated heterocycles. The number of amides is 2. The number of anilines is 1. The molecule has 2 fully saturated rings. The zero-order valence-corrected chi connectivity index (χ0v) is 24.1. The molecule has 1 N–H and O–H groups in total. The summed E-state index contributed by atoms with van der Waals surface area (Å²) in [5, 5.41) is 3.01. The summed E-state index contributed by atoms with van der Waals surface area (Å²) >= 11 is 0. The van der Waals surface area contributed by atoms with E-state index in [1.54, 1.807) is 0 Å². The van der Waals surface area contributed by atoms with Crippen LogP contribution in [0.4, 0.5) is 32.0 Å². The highest BCUT2D eigenvalue weighted by Crippen LogP contribution is 2.41. The van der Waals surface area contributed by atoms with E-state index in [4.69, 9.17) is 0 Å². The molecule has 234 valence electrons. The fourth-order valence-electron chi connectivity index (χ4n) is 6.31. The fourth-order valence-corrected chi connectivity index (χ4v) is 6.31. The van der Waals surface area contributed by atoms with Crippen molar-refractivity contribution < 1.29 is 35.9 Å². The van der Waals surface area contributed by atoms with Crippen LogP contribution in [0.25, 0.3) is 0 Å². The van der Waals surface area contributed by atoms with Crippen LogP contribution in [0.15, 0.2) is 78.9 Å². The predicted molar refractivity (Wildman–Crippen MR) is 154 cm³/mol. The smallest absolute Gasteiger partial charge is 0.360 e. The number of hydrogen-bond donors (Lipinski definition) is 1. The van der Waals surface area contributed by atoms with Crippen LogP contribution in [0.2, 0.25) is 0 Å². The van der Waals surface area contributed by atoms with Crippen molar-refractivity contribution >= 4 is 17.5 Å². The van der Waals surface area contributed by atoms with E-state index >= 15 is 0 Å². The third kappa shape index (κ3) is 6.71. The molecular formula is C33H33F6N3O2. The third-order valence-electron chi connectivity index (χ3n) is 8.82. The lowest BCUT2D eigenvalue weighted by atomic mass is 9.74. The first-order valence-corrected chi connectivity index (χ1v) is 14.5. The molecule has 0 radical (unpaired) electrons. The van der Waals surface area contributed by atoms with Gasteiger partial charge in [-0.3, -0.25) is 9.59 Å². The summed E-state index contributed by atoms with van der Waals surface area (Å²) in [6, 6.07) is 20.0. The van der Waals surface area contributed by atoms with Crippen molar-refractivity contribution in [2.45, 2.75) is 62.5 Å². The summed E-state index contributed by atoms with van der Waals surface area (Å²) in [4.78, 5) is 30.7. The Morgan fingerprint density at radius 2 is 1.39 bits per heavy atom. The Morgan fingerprint density at radius 1 is 0.841 bits per heavy atom. The number of carbonyl (C=O) groups is 2. The van der Waals surface area contributed by atoms with Gasteiger partial charge < -0.3 is 15.1 Å². The number of hydrogen-bond acceptors (Lipinski definition) is 3. The zero-order chi connectivity index (χ0) is 31.7. The Kier molecular flexibility index (Phi) is 8.68. The first-order valence-electron chi connectivity index (χ1n) is 14.5. The first kappa shape index (κ1) is 31.4. The van der Waals surface area contributed by atoms with Crippen LogP contribution in [-0.2, 0) is 27.5 Å². The van der Waals surface area contributed by atoms with Crippen LogP contribution in [0.3, 0.4) is 0 Å². The van der Waals surface area contributed by atoms with Gasteiger partial charge in [-0.2, -0.15) is 26.3 Å². The molecular weight excluding hydrogens is 584 g/mol. The highest BCUT2D eigenvalue weighted by atomic mass is 19.4. The van der Waals surface area contributed by atoms with E-state index in [0.717, 1.165) is 11.3 Å². The molecule has 0 spiro atoms. The maximum Gasteiger partial charge on any atom is 0.416 e. The van der Waals surface area contributed by atoms with Crippen molar-refractivity contribution in [1.82, 2.24) is 10.2 Å². The Morgan fingerprint density at radius 3 is 1.91 bits per heavy atom. The zero-order valence-electron chi connectivity index (χ0n) is 24.1. The number of alkyl halides is 6. The van der Waals surface area contributed by atoms with E-state index in [2.05, 4.69) is 5.32 Å². The van der Waals surface area contributed by atoms with Gasteiger partial charge in [-0.05, 0) is 74.1 Å². The second-order valence-electron chi connectivity index (χ2n) is 11.6. The lowest BCUT2D eigenvalue weighted by Crippen LogP contribution is -2.57. The summed E-state index contributed by atoms with van der Waals surface area (Å²) in [6.45, 7) is 2.80. The Labute approximate surface area is 251 Å². The van der Waals surface area contributed by atoms with E-state index in [-0.39, 0.29) is 30.1 Å². The molecule has 2 amide bonds. The van der Waals surface area contributed by atoms with E-state index in [1.807, 2.05) is 70.5 Å². The standard InChI is InChI=1S/C33H33F6N3O2/c1-22(23-18-25(32(34,35)36)20-26(19-23)33(37,38)39)30(44)40-31(24-8-4-2-5-9-24)14-12-28(13-15-31)42-17-16-41(21-29(42)43)27-10-6-3-7-11-27/h2-11,18-20,22,28H,12-17,21H2,1H3,(H,40,44)/t22-,28?,31?/m0/s1. The van der Waals surface area contributed by atoms with E-state index in [1.165, 1.54) is 6.92 Å². The molecule has 2 aliphatic rings. The highest BCUT2D eigenvalue weighted by Gasteiger charge is 2.43. The SMILES string of the molecule is C[C@H](C(=O)NC1(c2ccccc2)CCC(N2CCN(c3ccccc3)CC2=O)CC1)c1cc(C(F)(F)F)cc(C(F)(F)F)c1. The lowest BCUT2D eigenvalue weighted by Gasteiger charge is -2.47. The summed E-state index contributed by atoms with van der Waals surface area (Å²) in [7, 11) is 0. The van der Waals surface area contributed by atoms with Gasteiger partial charge in [0.1, 0.15) is 0 Å². The second kappa shape index (κ2) is 12.2. The van der Waals surface area contributed by atoms with Gasteiger partial charge >= 0.3 is 12.4 Å². The van der Waals surface area contributed by atoms with E-state index in [0.29, 0.717) is 50.9 Å². The van der Waals surface area contributed by atoms with Gasteiger partial charge in [-0.15, -0.1) is 0 Å². The summed E-state index contributed by atoms with van der Waals surface area (Å²) in [6.07, 6.45) is -7.99. The molecule has 0 aromatic heterocycles. The molecule has 1 heterocycles. The number of nitrogens with one attached hydrogen (secondary N) is 1. The largest absolute Gasteiger partial charge is 0.416 e. The van der Waals surface area contributed by atoms with Crippen molar-refractivity contribution in [2.24, 2.45) is 0 Å². The molecule has 1 atom stereocenters. The van der Waals surface area contributed by atoms with Crippen molar-refractivity contribution in [2.75, 3.05) is 24.5 Å². The van der Waals surface area contributed by atoms with Crippen molar-refractivity contribution in [3.63, 3.8) is 0 Å². The lowest BCUT2D eigenvalue weighted by molar-refractivity contribution is -0.143. The molecule has 3 aromatic rings. The first-order chi connectivity index (χ1) is 20.8. The molecule has 3 aromatic carbocycles. The predicted octanol–water partition coefficient (Wildman–Crippen LogP) is 7.13. The fraction of sp³-hybridized carbons (Fsp3) is 0.394. The minimum atomic E-state index is -5.01. The molecule has 0 bridgehead atoms. The maximum absolute atomic E-state index is 13.6. The second-order valence-corrected chi connectivity index (χ2v) is 11.6. The van der Waals surface area contributed by atoms with Crippen molar-refractivity contribution in [3.05, 3.63) is 101 Å². The number of nitrogens with zero attached hydrogens (tertiary/aromatic N) is 2. The van der Waals surface area contributed by atoms with E-state index in [9.17, 15) is 35.9 Å². The Balaban J connectivity index is 1.34. The average Bonchev–Trinajstić information content (AvgIpc) is 3.01. The van der Waals surface area contributed by atoms with Gasteiger partial charge in [-0.1, -0.05) is 48.5 Å². The monoisotopic (exact) mass is 617 g/mol. The molecule has 5 rings (SSSR count). The minimum Gasteiger partial charge on any atom is -0.360 e. The Bertz CT molecular complexity index is 1440. The topological polar surface area (TPSA) is 52.7 Å². The average molecular weight is 618 g/mol. The number of para-hydroxylation sites is 1. The molecule has 1 aliphatic carbocycles. The van der Waals surface area contributed by atoms with Crippen LogP contribution in [0, 0.1) is 0 Å². The quantitative estimate of drug-likeness (QED) is 0.300.